The van der Waals surface area contributed by atoms with E-state index in [2.05, 4.69) is 13.2 Å². The molecule has 1 fully saturated rings. The highest BCUT2D eigenvalue weighted by Crippen LogP contribution is 2.29. The summed E-state index contributed by atoms with van der Waals surface area (Å²) in [6.07, 6.45) is 4.93. The molecular weight excluding hydrogens is 282 g/mol. The number of amides is 1. The molecule has 0 radical (unpaired) electrons. The number of ether oxygens (including phenoxy) is 2. The molecule has 0 aromatic carbocycles. The molecule has 0 unspecified atom stereocenters. The van der Waals surface area contributed by atoms with Crippen molar-refractivity contribution in [2.24, 2.45) is 5.92 Å². The fraction of sp³-hybridized carbons (Fsp3) is 0.647. The average Bonchev–Trinajstić information content (AvgIpc) is 2.89. The summed E-state index contributed by atoms with van der Waals surface area (Å²) in [5.41, 5.74) is -0.554. The third-order valence-corrected chi connectivity index (χ3v) is 3.46. The highest BCUT2D eigenvalue weighted by Gasteiger charge is 2.40. The fourth-order valence-electron chi connectivity index (χ4n) is 2.60. The Bertz CT molecular complexity index is 425. The van der Waals surface area contributed by atoms with Gasteiger partial charge < -0.3 is 14.4 Å². The van der Waals surface area contributed by atoms with Crippen molar-refractivity contribution in [2.45, 2.75) is 51.7 Å². The van der Waals surface area contributed by atoms with Gasteiger partial charge in [-0.1, -0.05) is 18.7 Å². The lowest BCUT2D eigenvalue weighted by atomic mass is 9.94. The minimum Gasteiger partial charge on any atom is -0.461 e. The summed E-state index contributed by atoms with van der Waals surface area (Å²) >= 11 is 0. The molecule has 2 atom stereocenters. The fourth-order valence-corrected chi connectivity index (χ4v) is 2.60. The molecule has 124 valence electrons. The van der Waals surface area contributed by atoms with E-state index in [9.17, 15) is 9.59 Å². The standard InChI is InChI=1S/C17H27NO4/c1-6-9-13(15(19)21-12-7-2)14-10-8-11-18(14)16(20)22-17(3,4)5/h6-7,13-14H,1-2,8-12H2,3-5H3/t13-,14-/m1/s1. The zero-order valence-electron chi connectivity index (χ0n) is 13.8. The summed E-state index contributed by atoms with van der Waals surface area (Å²) in [7, 11) is 0. The van der Waals surface area contributed by atoms with Crippen molar-refractivity contribution < 1.29 is 19.1 Å². The number of hydrogen-bond donors (Lipinski definition) is 0. The Labute approximate surface area is 133 Å². The molecule has 5 nitrogen and oxygen atoms in total. The maximum absolute atomic E-state index is 12.3. The third kappa shape index (κ3) is 5.20. The van der Waals surface area contributed by atoms with Gasteiger partial charge in [-0.05, 0) is 40.0 Å². The molecule has 0 saturated carbocycles. The normalized spacial score (nSPS) is 19.4. The van der Waals surface area contributed by atoms with E-state index in [1.54, 1.807) is 11.0 Å². The van der Waals surface area contributed by atoms with Gasteiger partial charge in [-0.15, -0.1) is 6.58 Å². The van der Waals surface area contributed by atoms with Gasteiger partial charge in [-0.25, -0.2) is 4.79 Å². The van der Waals surface area contributed by atoms with E-state index in [4.69, 9.17) is 9.47 Å². The van der Waals surface area contributed by atoms with E-state index < -0.39 is 11.5 Å². The van der Waals surface area contributed by atoms with Gasteiger partial charge in [0.2, 0.25) is 0 Å². The van der Waals surface area contributed by atoms with Crippen LogP contribution < -0.4 is 0 Å². The van der Waals surface area contributed by atoms with Crippen LogP contribution in [0.2, 0.25) is 0 Å². The molecule has 0 aromatic heterocycles. The second-order valence-corrected chi connectivity index (χ2v) is 6.43. The molecule has 22 heavy (non-hydrogen) atoms. The molecule has 1 aliphatic rings. The lowest BCUT2D eigenvalue weighted by molar-refractivity contribution is -0.149. The summed E-state index contributed by atoms with van der Waals surface area (Å²) < 4.78 is 10.6. The van der Waals surface area contributed by atoms with E-state index in [1.165, 1.54) is 6.08 Å². The lowest BCUT2D eigenvalue weighted by Gasteiger charge is -2.31. The second-order valence-electron chi connectivity index (χ2n) is 6.43. The lowest BCUT2D eigenvalue weighted by Crippen LogP contribution is -2.45. The molecule has 1 heterocycles. The van der Waals surface area contributed by atoms with Crippen LogP contribution in [-0.2, 0) is 14.3 Å². The minimum absolute atomic E-state index is 0.172. The quantitative estimate of drug-likeness (QED) is 0.558. The van der Waals surface area contributed by atoms with Crippen molar-refractivity contribution in [3.05, 3.63) is 25.3 Å². The van der Waals surface area contributed by atoms with Gasteiger partial charge in [0, 0.05) is 12.6 Å². The second kappa shape index (κ2) is 8.01. The van der Waals surface area contributed by atoms with Crippen LogP contribution in [0.1, 0.15) is 40.0 Å². The number of carbonyl (C=O) groups is 2. The number of likely N-dealkylation sites (tertiary alicyclic amines) is 1. The van der Waals surface area contributed by atoms with Crippen LogP contribution in [0.3, 0.4) is 0 Å². The van der Waals surface area contributed by atoms with Crippen LogP contribution in [0.25, 0.3) is 0 Å². The topological polar surface area (TPSA) is 55.8 Å². The smallest absolute Gasteiger partial charge is 0.410 e. The van der Waals surface area contributed by atoms with Crippen molar-refractivity contribution in [2.75, 3.05) is 13.2 Å². The van der Waals surface area contributed by atoms with Gasteiger partial charge in [0.1, 0.15) is 12.2 Å². The molecule has 0 aromatic rings. The van der Waals surface area contributed by atoms with Crippen LogP contribution in [-0.4, -0.2) is 41.8 Å². The van der Waals surface area contributed by atoms with E-state index in [0.717, 1.165) is 12.8 Å². The first-order valence-corrected chi connectivity index (χ1v) is 7.68. The molecular formula is C17H27NO4. The number of carbonyl (C=O) groups excluding carboxylic acids is 2. The first kappa shape index (κ1) is 18.3. The van der Waals surface area contributed by atoms with Crippen molar-refractivity contribution >= 4 is 12.1 Å². The van der Waals surface area contributed by atoms with Gasteiger partial charge in [0.25, 0.3) is 0 Å². The van der Waals surface area contributed by atoms with Gasteiger partial charge in [0.05, 0.1) is 5.92 Å². The number of hydrogen-bond acceptors (Lipinski definition) is 4. The van der Waals surface area contributed by atoms with Crippen LogP contribution >= 0.6 is 0 Å². The minimum atomic E-state index is -0.554. The predicted octanol–water partition coefficient (Wildman–Crippen LogP) is 3.31. The zero-order valence-corrected chi connectivity index (χ0v) is 13.8. The van der Waals surface area contributed by atoms with Crippen LogP contribution in [0, 0.1) is 5.92 Å². The number of nitrogens with zero attached hydrogens (tertiary/aromatic N) is 1. The zero-order chi connectivity index (χ0) is 16.8. The first-order chi connectivity index (χ1) is 10.3. The van der Waals surface area contributed by atoms with Crippen molar-refractivity contribution in [1.82, 2.24) is 4.90 Å². The van der Waals surface area contributed by atoms with Crippen molar-refractivity contribution in [3.8, 4) is 0 Å². The van der Waals surface area contributed by atoms with Gasteiger partial charge in [-0.3, -0.25) is 4.79 Å². The van der Waals surface area contributed by atoms with Crippen LogP contribution in [0.15, 0.2) is 25.3 Å². The highest BCUT2D eigenvalue weighted by atomic mass is 16.6. The van der Waals surface area contributed by atoms with Crippen molar-refractivity contribution in [3.63, 3.8) is 0 Å². The Morgan fingerprint density at radius 2 is 2.00 bits per heavy atom. The Morgan fingerprint density at radius 3 is 2.55 bits per heavy atom. The van der Waals surface area contributed by atoms with Gasteiger partial charge in [0.15, 0.2) is 0 Å². The molecule has 1 aliphatic heterocycles. The van der Waals surface area contributed by atoms with E-state index >= 15 is 0 Å². The molecule has 0 N–H and O–H groups in total. The Hall–Kier alpha value is -1.78. The van der Waals surface area contributed by atoms with Gasteiger partial charge >= 0.3 is 12.1 Å². The summed E-state index contributed by atoms with van der Waals surface area (Å²) in [5.74, 6) is -0.729. The average molecular weight is 309 g/mol. The SMILES string of the molecule is C=CCOC(=O)[C@H](CC=C)[C@H]1CCCN1C(=O)OC(C)(C)C. The van der Waals surface area contributed by atoms with E-state index in [-0.39, 0.29) is 24.7 Å². The van der Waals surface area contributed by atoms with E-state index in [0.29, 0.717) is 13.0 Å². The highest BCUT2D eigenvalue weighted by molar-refractivity contribution is 5.76. The molecule has 0 spiro atoms. The first-order valence-electron chi connectivity index (χ1n) is 7.68. The number of esters is 1. The Kier molecular flexibility index (Phi) is 6.65. The monoisotopic (exact) mass is 309 g/mol. The van der Waals surface area contributed by atoms with Crippen LogP contribution in [0.5, 0.6) is 0 Å². The Balaban J connectivity index is 2.83. The summed E-state index contributed by atoms with van der Waals surface area (Å²) in [4.78, 5) is 26.2. The summed E-state index contributed by atoms with van der Waals surface area (Å²) in [6, 6.07) is -0.204. The summed E-state index contributed by atoms with van der Waals surface area (Å²) in [5, 5.41) is 0. The molecule has 0 aliphatic carbocycles. The molecule has 1 amide bonds. The maximum atomic E-state index is 12.3. The molecule has 1 rings (SSSR count). The Morgan fingerprint density at radius 1 is 1.32 bits per heavy atom. The maximum Gasteiger partial charge on any atom is 0.410 e. The van der Waals surface area contributed by atoms with E-state index in [1.807, 2.05) is 20.8 Å². The molecule has 5 heteroatoms. The largest absolute Gasteiger partial charge is 0.461 e. The predicted molar refractivity (Wildman–Crippen MR) is 85.4 cm³/mol. The van der Waals surface area contributed by atoms with Crippen molar-refractivity contribution in [1.29, 1.82) is 0 Å². The van der Waals surface area contributed by atoms with Crippen LogP contribution in [0.4, 0.5) is 4.79 Å². The number of rotatable bonds is 6. The third-order valence-electron chi connectivity index (χ3n) is 3.46. The molecule has 1 saturated heterocycles. The van der Waals surface area contributed by atoms with Gasteiger partial charge in [-0.2, -0.15) is 0 Å². The number of allylic oxidation sites excluding steroid dienone is 1. The molecule has 0 bridgehead atoms. The summed E-state index contributed by atoms with van der Waals surface area (Å²) in [6.45, 7) is 13.5.